The molecule has 2 fully saturated rings. The summed E-state index contributed by atoms with van der Waals surface area (Å²) in [6, 6.07) is 2.86. The van der Waals surface area contributed by atoms with Gasteiger partial charge < -0.3 is 5.73 Å². The molecule has 0 saturated heterocycles. The Balaban J connectivity index is 1.68. The maximum atomic E-state index is 13.7. The average molecular weight is 335 g/mol. The number of benzene rings is 1. The monoisotopic (exact) mass is 335 g/mol. The molecule has 2 aliphatic rings. The zero-order chi connectivity index (χ0) is 16.9. The molecule has 2 saturated carbocycles. The molecule has 24 heavy (non-hydrogen) atoms. The van der Waals surface area contributed by atoms with Crippen LogP contribution < -0.4 is 5.73 Å². The molecular weight excluding hydrogens is 304 g/mol. The molecule has 2 aliphatic carbocycles. The lowest BCUT2D eigenvalue weighted by Gasteiger charge is -2.38. The van der Waals surface area contributed by atoms with E-state index in [-0.39, 0.29) is 5.69 Å². The van der Waals surface area contributed by atoms with Crippen molar-refractivity contribution in [3.8, 4) is 0 Å². The van der Waals surface area contributed by atoms with Gasteiger partial charge in [-0.15, -0.1) is 0 Å². The van der Waals surface area contributed by atoms with E-state index in [2.05, 4.69) is 0 Å². The van der Waals surface area contributed by atoms with E-state index in [1.807, 2.05) is 0 Å². The Bertz CT molecular complexity index is 490. The molecule has 0 heterocycles. The number of hydrogen-bond donors (Lipinski definition) is 1. The Morgan fingerprint density at radius 2 is 1.29 bits per heavy atom. The third-order valence-electron chi connectivity index (χ3n) is 6.42. The second-order valence-corrected chi connectivity index (χ2v) is 7.97. The van der Waals surface area contributed by atoms with E-state index in [1.54, 1.807) is 0 Å². The first-order chi connectivity index (χ1) is 11.6. The highest BCUT2D eigenvalue weighted by atomic mass is 19.1. The zero-order valence-corrected chi connectivity index (χ0v) is 14.7. The van der Waals surface area contributed by atoms with Crippen LogP contribution in [0, 0.1) is 29.4 Å². The van der Waals surface area contributed by atoms with Crippen LogP contribution in [0.4, 0.5) is 14.5 Å². The van der Waals surface area contributed by atoms with E-state index in [0.717, 1.165) is 36.2 Å². The van der Waals surface area contributed by atoms with Crippen LogP contribution in [0.15, 0.2) is 12.1 Å². The van der Waals surface area contributed by atoms with Gasteiger partial charge in [0, 0.05) is 0 Å². The number of nitrogens with two attached hydrogens (primary N) is 1. The van der Waals surface area contributed by atoms with Crippen molar-refractivity contribution in [2.75, 3.05) is 5.73 Å². The lowest BCUT2D eigenvalue weighted by atomic mass is 9.68. The van der Waals surface area contributed by atoms with Gasteiger partial charge in [-0.1, -0.05) is 64.2 Å². The quantitative estimate of drug-likeness (QED) is 0.632. The van der Waals surface area contributed by atoms with Crippen LogP contribution in [0.5, 0.6) is 0 Å². The molecule has 3 heteroatoms. The van der Waals surface area contributed by atoms with Gasteiger partial charge in [0.25, 0.3) is 0 Å². The fraction of sp³-hybridized carbons (Fsp3) is 0.714. The summed E-state index contributed by atoms with van der Waals surface area (Å²) in [5.74, 6) is 1.15. The van der Waals surface area contributed by atoms with Crippen LogP contribution >= 0.6 is 0 Å². The standard InChI is InChI=1S/C21H31F2N/c22-19-13-15(14-20(23)21(19)24)11-12-18(16-7-3-1-4-8-16)17-9-5-2-6-10-17/h13-14,16-18H,1-12,24H2. The maximum Gasteiger partial charge on any atom is 0.149 e. The number of aryl methyl sites for hydroxylation is 1. The molecule has 0 atom stereocenters. The predicted molar refractivity (Wildman–Crippen MR) is 95.7 cm³/mol. The molecule has 1 aromatic rings. The second kappa shape index (κ2) is 8.31. The van der Waals surface area contributed by atoms with E-state index >= 15 is 0 Å². The van der Waals surface area contributed by atoms with Gasteiger partial charge in [0.15, 0.2) is 0 Å². The first-order valence-corrected chi connectivity index (χ1v) is 9.88. The molecule has 2 N–H and O–H groups in total. The predicted octanol–water partition coefficient (Wildman–Crippen LogP) is 6.26. The van der Waals surface area contributed by atoms with Gasteiger partial charge in [-0.3, -0.25) is 0 Å². The molecule has 0 bridgehead atoms. The highest BCUT2D eigenvalue weighted by Gasteiger charge is 2.31. The van der Waals surface area contributed by atoms with Crippen LogP contribution in [0.2, 0.25) is 0 Å². The van der Waals surface area contributed by atoms with Crippen molar-refractivity contribution in [1.82, 2.24) is 0 Å². The fourth-order valence-corrected chi connectivity index (χ4v) is 5.10. The van der Waals surface area contributed by atoms with Gasteiger partial charge >= 0.3 is 0 Å². The van der Waals surface area contributed by atoms with Gasteiger partial charge in [0.2, 0.25) is 0 Å². The summed E-state index contributed by atoms with van der Waals surface area (Å²) in [7, 11) is 0. The summed E-state index contributed by atoms with van der Waals surface area (Å²) < 4.78 is 27.4. The summed E-state index contributed by atoms with van der Waals surface area (Å²) in [6.07, 6.45) is 15.4. The van der Waals surface area contributed by atoms with Crippen LogP contribution in [-0.4, -0.2) is 0 Å². The van der Waals surface area contributed by atoms with Crippen molar-refractivity contribution in [2.45, 2.75) is 77.0 Å². The highest BCUT2D eigenvalue weighted by Crippen LogP contribution is 2.42. The minimum atomic E-state index is -0.614. The van der Waals surface area contributed by atoms with Crippen LogP contribution in [0.25, 0.3) is 0 Å². The largest absolute Gasteiger partial charge is 0.394 e. The summed E-state index contributed by atoms with van der Waals surface area (Å²) in [5, 5.41) is 0. The molecule has 0 amide bonds. The van der Waals surface area contributed by atoms with E-state index in [0.29, 0.717) is 0 Å². The number of nitrogen functional groups attached to an aromatic ring is 1. The van der Waals surface area contributed by atoms with Crippen molar-refractivity contribution in [1.29, 1.82) is 0 Å². The third-order valence-corrected chi connectivity index (χ3v) is 6.42. The summed E-state index contributed by atoms with van der Waals surface area (Å²) in [4.78, 5) is 0. The Labute approximate surface area is 145 Å². The van der Waals surface area contributed by atoms with Crippen molar-refractivity contribution in [3.63, 3.8) is 0 Å². The van der Waals surface area contributed by atoms with Crippen LogP contribution in [0.3, 0.4) is 0 Å². The van der Waals surface area contributed by atoms with Crippen molar-refractivity contribution in [2.24, 2.45) is 17.8 Å². The number of hydrogen-bond acceptors (Lipinski definition) is 1. The maximum absolute atomic E-state index is 13.7. The topological polar surface area (TPSA) is 26.0 Å². The number of halogens is 2. The highest BCUT2D eigenvalue weighted by molar-refractivity contribution is 5.43. The van der Waals surface area contributed by atoms with Crippen LogP contribution in [0.1, 0.15) is 76.2 Å². The summed E-state index contributed by atoms with van der Waals surface area (Å²) in [5.41, 5.74) is 5.80. The molecule has 0 spiro atoms. The summed E-state index contributed by atoms with van der Waals surface area (Å²) >= 11 is 0. The van der Waals surface area contributed by atoms with Gasteiger partial charge in [-0.05, 0) is 48.3 Å². The van der Waals surface area contributed by atoms with Gasteiger partial charge in [0.1, 0.15) is 17.3 Å². The van der Waals surface area contributed by atoms with Crippen LogP contribution in [-0.2, 0) is 6.42 Å². The zero-order valence-electron chi connectivity index (χ0n) is 14.7. The molecule has 1 aromatic carbocycles. The number of rotatable bonds is 5. The third kappa shape index (κ3) is 4.29. The minimum Gasteiger partial charge on any atom is -0.394 e. The Hall–Kier alpha value is -1.12. The van der Waals surface area contributed by atoms with Gasteiger partial charge in [0.05, 0.1) is 0 Å². The Morgan fingerprint density at radius 3 is 1.75 bits per heavy atom. The van der Waals surface area contributed by atoms with E-state index in [9.17, 15) is 8.78 Å². The van der Waals surface area contributed by atoms with E-state index < -0.39 is 11.6 Å². The molecule has 0 radical (unpaired) electrons. The SMILES string of the molecule is Nc1c(F)cc(CCC(C2CCCCC2)C2CCCCC2)cc1F. The molecule has 1 nitrogen and oxygen atoms in total. The average Bonchev–Trinajstić information content (AvgIpc) is 2.61. The van der Waals surface area contributed by atoms with Gasteiger partial charge in [-0.25, -0.2) is 8.78 Å². The fourth-order valence-electron chi connectivity index (χ4n) is 5.10. The molecule has 0 aliphatic heterocycles. The lowest BCUT2D eigenvalue weighted by Crippen LogP contribution is -2.27. The van der Waals surface area contributed by atoms with Crippen molar-refractivity contribution >= 4 is 5.69 Å². The molecule has 134 valence electrons. The molecule has 0 aromatic heterocycles. The van der Waals surface area contributed by atoms with E-state index in [4.69, 9.17) is 5.73 Å². The first kappa shape index (κ1) is 17.7. The second-order valence-electron chi connectivity index (χ2n) is 7.97. The first-order valence-electron chi connectivity index (χ1n) is 9.88. The molecule has 0 unspecified atom stereocenters. The minimum absolute atomic E-state index is 0.352. The number of anilines is 1. The van der Waals surface area contributed by atoms with Gasteiger partial charge in [-0.2, -0.15) is 0 Å². The summed E-state index contributed by atoms with van der Waals surface area (Å²) in [6.45, 7) is 0. The molecular formula is C21H31F2N. The lowest BCUT2D eigenvalue weighted by molar-refractivity contribution is 0.135. The van der Waals surface area contributed by atoms with E-state index in [1.165, 1.54) is 76.3 Å². The Kier molecular flexibility index (Phi) is 6.13. The Morgan fingerprint density at radius 1 is 0.833 bits per heavy atom. The van der Waals surface area contributed by atoms with Crippen molar-refractivity contribution in [3.05, 3.63) is 29.3 Å². The molecule has 3 rings (SSSR count). The normalized spacial score (nSPS) is 20.6. The van der Waals surface area contributed by atoms with Crippen molar-refractivity contribution < 1.29 is 8.78 Å². The smallest absolute Gasteiger partial charge is 0.149 e.